The fraction of sp³-hybridized carbons (Fsp3) is 0.591. The van der Waals surface area contributed by atoms with Crippen LogP contribution >= 0.6 is 0 Å². The topological polar surface area (TPSA) is 71.7 Å². The molecule has 0 saturated carbocycles. The molecule has 156 valence electrons. The lowest BCUT2D eigenvalue weighted by atomic mass is 9.75. The number of hydrogen-bond acceptors (Lipinski definition) is 6. The fourth-order valence-electron chi connectivity index (χ4n) is 4.61. The fourth-order valence-corrected chi connectivity index (χ4v) is 4.61. The van der Waals surface area contributed by atoms with E-state index in [9.17, 15) is 4.79 Å². The number of ether oxygens (including phenoxy) is 1. The molecule has 2 aromatic rings. The Morgan fingerprint density at radius 2 is 2.21 bits per heavy atom. The molecule has 0 radical (unpaired) electrons. The Bertz CT molecular complexity index is 845. The summed E-state index contributed by atoms with van der Waals surface area (Å²) >= 11 is 0. The highest BCUT2D eigenvalue weighted by Gasteiger charge is 2.51. The van der Waals surface area contributed by atoms with Gasteiger partial charge in [-0.2, -0.15) is 0 Å². The highest BCUT2D eigenvalue weighted by atomic mass is 16.5. The lowest BCUT2D eigenvalue weighted by molar-refractivity contribution is -0.0696. The van der Waals surface area contributed by atoms with Crippen molar-refractivity contribution in [2.24, 2.45) is 5.92 Å². The molecule has 7 heteroatoms. The number of carbonyl (C=O) groups excluding carboxylic acids is 1. The van der Waals surface area contributed by atoms with Gasteiger partial charge in [-0.1, -0.05) is 18.1 Å². The SMILES string of the molecule is CCCc1onc(C)c1C(=O)N1CC2(C[C@@H](COc3ccccn3)CCN2C)C1. The van der Waals surface area contributed by atoms with E-state index in [0.29, 0.717) is 29.7 Å². The van der Waals surface area contributed by atoms with Crippen molar-refractivity contribution in [3.8, 4) is 5.88 Å². The smallest absolute Gasteiger partial charge is 0.259 e. The van der Waals surface area contributed by atoms with Crippen molar-refractivity contribution < 1.29 is 14.1 Å². The van der Waals surface area contributed by atoms with Crippen LogP contribution in [-0.2, 0) is 6.42 Å². The van der Waals surface area contributed by atoms with Gasteiger partial charge in [-0.15, -0.1) is 0 Å². The van der Waals surface area contributed by atoms with E-state index in [1.807, 2.05) is 30.0 Å². The summed E-state index contributed by atoms with van der Waals surface area (Å²) in [6.45, 7) is 7.12. The molecule has 2 aliphatic rings. The molecule has 0 N–H and O–H groups in total. The molecule has 2 fully saturated rings. The summed E-state index contributed by atoms with van der Waals surface area (Å²) in [7, 11) is 2.17. The number of likely N-dealkylation sites (tertiary alicyclic amines) is 2. The summed E-state index contributed by atoms with van der Waals surface area (Å²) in [4.78, 5) is 21.7. The number of hydrogen-bond donors (Lipinski definition) is 0. The summed E-state index contributed by atoms with van der Waals surface area (Å²) in [5.74, 6) is 1.92. The number of carbonyl (C=O) groups is 1. The number of aryl methyl sites for hydroxylation is 2. The van der Waals surface area contributed by atoms with Gasteiger partial charge >= 0.3 is 0 Å². The van der Waals surface area contributed by atoms with Crippen LogP contribution in [0.3, 0.4) is 0 Å². The summed E-state index contributed by atoms with van der Waals surface area (Å²) in [6.07, 6.45) is 5.56. The molecule has 4 heterocycles. The van der Waals surface area contributed by atoms with Crippen LogP contribution in [0.4, 0.5) is 0 Å². The lowest BCUT2D eigenvalue weighted by Crippen LogP contribution is -2.72. The highest BCUT2D eigenvalue weighted by Crippen LogP contribution is 2.39. The zero-order valence-corrected chi connectivity index (χ0v) is 17.6. The van der Waals surface area contributed by atoms with Crippen molar-refractivity contribution >= 4 is 5.91 Å². The third-order valence-electron chi connectivity index (χ3n) is 6.34. The van der Waals surface area contributed by atoms with Crippen LogP contribution in [0.15, 0.2) is 28.9 Å². The van der Waals surface area contributed by atoms with E-state index in [4.69, 9.17) is 9.26 Å². The molecule has 29 heavy (non-hydrogen) atoms. The third kappa shape index (κ3) is 3.88. The first-order valence-electron chi connectivity index (χ1n) is 10.5. The maximum absolute atomic E-state index is 13.1. The summed E-state index contributed by atoms with van der Waals surface area (Å²) in [5.41, 5.74) is 1.40. The van der Waals surface area contributed by atoms with Gasteiger partial charge in [0.2, 0.25) is 5.88 Å². The molecule has 0 aliphatic carbocycles. The van der Waals surface area contributed by atoms with E-state index < -0.39 is 0 Å². The molecule has 0 unspecified atom stereocenters. The predicted molar refractivity (Wildman–Crippen MR) is 109 cm³/mol. The van der Waals surface area contributed by atoms with Gasteiger partial charge in [0.15, 0.2) is 0 Å². The van der Waals surface area contributed by atoms with E-state index in [1.165, 1.54) is 0 Å². The average Bonchev–Trinajstić information content (AvgIpc) is 3.06. The minimum Gasteiger partial charge on any atom is -0.477 e. The first-order chi connectivity index (χ1) is 14.0. The predicted octanol–water partition coefficient (Wildman–Crippen LogP) is 2.95. The zero-order valence-electron chi connectivity index (χ0n) is 17.6. The van der Waals surface area contributed by atoms with Crippen molar-refractivity contribution in [1.29, 1.82) is 0 Å². The summed E-state index contributed by atoms with van der Waals surface area (Å²) in [6, 6.07) is 5.72. The Hall–Kier alpha value is -2.41. The standard InChI is InChI=1S/C22H30N4O3/c1-4-7-18-20(16(2)24-29-18)21(27)26-14-22(15-26)12-17(9-11-25(22)3)13-28-19-8-5-6-10-23-19/h5-6,8,10,17H,4,7,9,11-15H2,1-3H3/t17-/m0/s1. The van der Waals surface area contributed by atoms with E-state index in [1.54, 1.807) is 6.20 Å². The number of aromatic nitrogens is 2. The molecule has 1 spiro atoms. The molecule has 7 nitrogen and oxygen atoms in total. The molecule has 0 bridgehead atoms. The minimum absolute atomic E-state index is 0.0437. The maximum atomic E-state index is 13.1. The van der Waals surface area contributed by atoms with Gasteiger partial charge in [-0.05, 0) is 51.8 Å². The van der Waals surface area contributed by atoms with Gasteiger partial charge < -0.3 is 14.2 Å². The van der Waals surface area contributed by atoms with Gasteiger partial charge in [0, 0.05) is 31.8 Å². The number of pyridine rings is 1. The minimum atomic E-state index is 0.0437. The van der Waals surface area contributed by atoms with Gasteiger partial charge in [0.05, 0.1) is 17.8 Å². The number of rotatable bonds is 6. The number of amides is 1. The third-order valence-corrected chi connectivity index (χ3v) is 6.34. The number of piperidine rings is 1. The molecule has 1 atom stereocenters. The largest absolute Gasteiger partial charge is 0.477 e. The van der Waals surface area contributed by atoms with Crippen LogP contribution < -0.4 is 4.74 Å². The van der Waals surface area contributed by atoms with Crippen LogP contribution in [0.2, 0.25) is 0 Å². The highest BCUT2D eigenvalue weighted by molar-refractivity contribution is 5.97. The van der Waals surface area contributed by atoms with Crippen molar-refractivity contribution in [1.82, 2.24) is 19.9 Å². The van der Waals surface area contributed by atoms with Crippen molar-refractivity contribution in [3.05, 3.63) is 41.4 Å². The molecule has 0 aromatic carbocycles. The molecular formula is C22H30N4O3. The van der Waals surface area contributed by atoms with E-state index in [0.717, 1.165) is 51.1 Å². The van der Waals surface area contributed by atoms with Crippen molar-refractivity contribution in [2.45, 2.75) is 45.1 Å². The van der Waals surface area contributed by atoms with E-state index in [-0.39, 0.29) is 11.4 Å². The average molecular weight is 399 g/mol. The van der Waals surface area contributed by atoms with Crippen molar-refractivity contribution in [2.75, 3.05) is 33.3 Å². The summed E-state index contributed by atoms with van der Waals surface area (Å²) < 4.78 is 11.3. The maximum Gasteiger partial charge on any atom is 0.259 e. The van der Waals surface area contributed by atoms with Gasteiger partial charge in [0.1, 0.15) is 11.3 Å². The Labute approximate surface area is 172 Å². The number of likely N-dealkylation sites (N-methyl/N-ethyl adjacent to an activating group) is 1. The van der Waals surface area contributed by atoms with Gasteiger partial charge in [-0.25, -0.2) is 4.98 Å². The van der Waals surface area contributed by atoms with Crippen LogP contribution in [0.1, 0.15) is 48.0 Å². The zero-order chi connectivity index (χ0) is 20.4. The van der Waals surface area contributed by atoms with Crippen molar-refractivity contribution in [3.63, 3.8) is 0 Å². The van der Waals surface area contributed by atoms with Gasteiger partial charge in [-0.3, -0.25) is 9.69 Å². The normalized spacial score (nSPS) is 21.2. The molecular weight excluding hydrogens is 368 g/mol. The number of nitrogens with zero attached hydrogens (tertiary/aromatic N) is 4. The second-order valence-corrected chi connectivity index (χ2v) is 8.46. The monoisotopic (exact) mass is 398 g/mol. The molecule has 2 saturated heterocycles. The molecule has 2 aliphatic heterocycles. The quantitative estimate of drug-likeness (QED) is 0.745. The van der Waals surface area contributed by atoms with E-state index in [2.05, 4.69) is 29.0 Å². The first-order valence-corrected chi connectivity index (χ1v) is 10.5. The van der Waals surface area contributed by atoms with Crippen LogP contribution in [0, 0.1) is 12.8 Å². The van der Waals surface area contributed by atoms with E-state index >= 15 is 0 Å². The lowest BCUT2D eigenvalue weighted by Gasteiger charge is -2.58. The first kappa shape index (κ1) is 19.9. The molecule has 4 rings (SSSR count). The van der Waals surface area contributed by atoms with Crippen LogP contribution in [0.25, 0.3) is 0 Å². The Morgan fingerprint density at radius 3 is 2.93 bits per heavy atom. The molecule has 1 amide bonds. The summed E-state index contributed by atoms with van der Waals surface area (Å²) in [5, 5.41) is 4.03. The van der Waals surface area contributed by atoms with Crippen LogP contribution in [-0.4, -0.2) is 64.7 Å². The Kier molecular flexibility index (Phi) is 5.58. The van der Waals surface area contributed by atoms with Gasteiger partial charge in [0.25, 0.3) is 5.91 Å². The van der Waals surface area contributed by atoms with Crippen LogP contribution in [0.5, 0.6) is 5.88 Å². The second-order valence-electron chi connectivity index (χ2n) is 8.46. The second kappa shape index (κ2) is 8.14. The molecule has 2 aromatic heterocycles. The Balaban J connectivity index is 1.38. The Morgan fingerprint density at radius 1 is 1.38 bits per heavy atom.